The highest BCUT2D eigenvalue weighted by Gasteiger charge is 2.20. The smallest absolute Gasteiger partial charge is 0.0406 e. The van der Waals surface area contributed by atoms with Gasteiger partial charge in [0.1, 0.15) is 0 Å². The minimum Gasteiger partial charge on any atom is -0.303 e. The summed E-state index contributed by atoms with van der Waals surface area (Å²) in [6, 6.07) is 12.5. The summed E-state index contributed by atoms with van der Waals surface area (Å²) in [6.45, 7) is 5.77. The number of hydrogen-bond donors (Lipinski definition) is 0. The number of aromatic nitrogens is 1. The molecule has 1 fully saturated rings. The van der Waals surface area contributed by atoms with Crippen LogP contribution < -0.4 is 0 Å². The molecule has 0 aliphatic carbocycles. The first-order valence-electron chi connectivity index (χ1n) is 9.23. The summed E-state index contributed by atoms with van der Waals surface area (Å²) in [7, 11) is 2.23. The Morgan fingerprint density at radius 3 is 2.64 bits per heavy atom. The van der Waals surface area contributed by atoms with E-state index < -0.39 is 0 Å². The van der Waals surface area contributed by atoms with Gasteiger partial charge in [-0.3, -0.25) is 4.98 Å². The van der Waals surface area contributed by atoms with Crippen LogP contribution in [0, 0.1) is 5.92 Å². The normalized spacial score (nSPS) is 18.6. The maximum Gasteiger partial charge on any atom is 0.0406 e. The number of pyridine rings is 1. The van der Waals surface area contributed by atoms with E-state index >= 15 is 0 Å². The topological polar surface area (TPSA) is 19.4 Å². The van der Waals surface area contributed by atoms with E-state index in [1.807, 2.05) is 24.5 Å². The number of halogens is 1. The quantitative estimate of drug-likeness (QED) is 0.743. The van der Waals surface area contributed by atoms with Crippen LogP contribution in [0.15, 0.2) is 48.8 Å². The first-order valence-corrected chi connectivity index (χ1v) is 9.61. The second-order valence-electron chi connectivity index (χ2n) is 7.24. The Morgan fingerprint density at radius 2 is 1.88 bits per heavy atom. The molecule has 0 radical (unpaired) electrons. The average Bonchev–Trinajstić information content (AvgIpc) is 2.62. The summed E-state index contributed by atoms with van der Waals surface area (Å²) < 4.78 is 0. The molecule has 1 atom stereocenters. The first-order chi connectivity index (χ1) is 12.2. The molecule has 1 aliphatic rings. The van der Waals surface area contributed by atoms with E-state index in [4.69, 9.17) is 11.6 Å². The Morgan fingerprint density at radius 1 is 1.12 bits per heavy atom. The molecule has 3 nitrogen and oxygen atoms in total. The number of hydrogen-bond acceptors (Lipinski definition) is 3. The van der Waals surface area contributed by atoms with Gasteiger partial charge in [-0.25, -0.2) is 0 Å². The second kappa shape index (κ2) is 9.33. The lowest BCUT2D eigenvalue weighted by molar-refractivity contribution is 0.142. The average molecular weight is 358 g/mol. The molecule has 4 heteroatoms. The number of nitrogens with zero attached hydrogens (tertiary/aromatic N) is 3. The number of piperidine rings is 1. The van der Waals surface area contributed by atoms with Crippen LogP contribution in [-0.2, 0) is 13.0 Å². The van der Waals surface area contributed by atoms with Crippen molar-refractivity contribution in [3.8, 4) is 0 Å². The van der Waals surface area contributed by atoms with Gasteiger partial charge in [0, 0.05) is 43.6 Å². The monoisotopic (exact) mass is 357 g/mol. The first kappa shape index (κ1) is 18.4. The van der Waals surface area contributed by atoms with Gasteiger partial charge in [0.05, 0.1) is 0 Å². The molecule has 134 valence electrons. The fourth-order valence-corrected chi connectivity index (χ4v) is 3.87. The maximum atomic E-state index is 5.97. The lowest BCUT2D eigenvalue weighted by Crippen LogP contribution is -2.40. The predicted molar refractivity (Wildman–Crippen MR) is 105 cm³/mol. The molecule has 1 saturated heterocycles. The number of benzene rings is 1. The largest absolute Gasteiger partial charge is 0.303 e. The van der Waals surface area contributed by atoms with Crippen LogP contribution in [0.1, 0.15) is 24.0 Å². The number of rotatable bonds is 7. The highest BCUT2D eigenvalue weighted by atomic mass is 35.5. The van der Waals surface area contributed by atoms with Gasteiger partial charge in [-0.05, 0) is 74.2 Å². The molecule has 2 heterocycles. The third kappa shape index (κ3) is 6.10. The van der Waals surface area contributed by atoms with Crippen molar-refractivity contribution >= 4 is 11.6 Å². The third-order valence-corrected chi connectivity index (χ3v) is 5.26. The van der Waals surface area contributed by atoms with Crippen LogP contribution >= 0.6 is 11.6 Å². The molecule has 25 heavy (non-hydrogen) atoms. The van der Waals surface area contributed by atoms with Crippen molar-refractivity contribution in [2.24, 2.45) is 5.92 Å². The third-order valence-electron chi connectivity index (χ3n) is 5.00. The van der Waals surface area contributed by atoms with Crippen LogP contribution in [0.25, 0.3) is 0 Å². The summed E-state index contributed by atoms with van der Waals surface area (Å²) in [5.41, 5.74) is 2.72. The minimum atomic E-state index is 0.769. The Kier molecular flexibility index (Phi) is 6.85. The van der Waals surface area contributed by atoms with E-state index in [0.29, 0.717) is 0 Å². The van der Waals surface area contributed by atoms with Gasteiger partial charge >= 0.3 is 0 Å². The van der Waals surface area contributed by atoms with Crippen LogP contribution in [0.3, 0.4) is 0 Å². The summed E-state index contributed by atoms with van der Waals surface area (Å²) in [6.07, 6.45) is 7.52. The molecule has 0 spiro atoms. The molecule has 0 N–H and O–H groups in total. The Labute approximate surface area is 156 Å². The molecule has 0 amide bonds. The van der Waals surface area contributed by atoms with Gasteiger partial charge in [-0.15, -0.1) is 0 Å². The number of likely N-dealkylation sites (tertiary alicyclic amines) is 1. The highest BCUT2D eigenvalue weighted by molar-refractivity contribution is 6.30. The van der Waals surface area contributed by atoms with Gasteiger partial charge in [-0.2, -0.15) is 0 Å². The molecular formula is C21H28ClN3. The zero-order valence-electron chi connectivity index (χ0n) is 15.1. The lowest BCUT2D eigenvalue weighted by Gasteiger charge is -2.34. The fraction of sp³-hybridized carbons (Fsp3) is 0.476. The fourth-order valence-electron chi connectivity index (χ4n) is 3.75. The van der Waals surface area contributed by atoms with Crippen molar-refractivity contribution in [2.45, 2.75) is 25.8 Å². The molecule has 1 aromatic heterocycles. The second-order valence-corrected chi connectivity index (χ2v) is 7.67. The standard InChI is InChI=1S/C21H28ClN3/c1-24(15-19-8-11-23-12-9-19)16-20-3-2-13-25(17-20)14-10-18-4-6-21(22)7-5-18/h4-9,11-12,20H,2-3,10,13-17H2,1H3/t20-/m0/s1. The highest BCUT2D eigenvalue weighted by Crippen LogP contribution is 2.19. The van der Waals surface area contributed by atoms with Gasteiger partial charge < -0.3 is 9.80 Å². The van der Waals surface area contributed by atoms with Crippen LogP contribution in [0.5, 0.6) is 0 Å². The molecule has 1 aliphatic heterocycles. The molecule has 0 unspecified atom stereocenters. The zero-order valence-corrected chi connectivity index (χ0v) is 15.8. The Balaban J connectivity index is 1.43. The van der Waals surface area contributed by atoms with E-state index in [1.165, 1.54) is 43.6 Å². The molecule has 1 aromatic carbocycles. The van der Waals surface area contributed by atoms with Crippen molar-refractivity contribution in [1.82, 2.24) is 14.8 Å². The summed E-state index contributed by atoms with van der Waals surface area (Å²) >= 11 is 5.97. The van der Waals surface area contributed by atoms with E-state index in [2.05, 4.69) is 46.1 Å². The molecule has 3 rings (SSSR count). The van der Waals surface area contributed by atoms with Crippen molar-refractivity contribution in [1.29, 1.82) is 0 Å². The molecular weight excluding hydrogens is 330 g/mol. The molecule has 0 bridgehead atoms. The van der Waals surface area contributed by atoms with Gasteiger partial charge in [0.25, 0.3) is 0 Å². The van der Waals surface area contributed by atoms with E-state index in [0.717, 1.165) is 30.5 Å². The van der Waals surface area contributed by atoms with Crippen molar-refractivity contribution in [3.05, 3.63) is 64.9 Å². The summed E-state index contributed by atoms with van der Waals surface area (Å²) in [4.78, 5) is 9.17. The van der Waals surface area contributed by atoms with E-state index in [1.54, 1.807) is 0 Å². The van der Waals surface area contributed by atoms with E-state index in [-0.39, 0.29) is 0 Å². The maximum absolute atomic E-state index is 5.97. The lowest BCUT2D eigenvalue weighted by atomic mass is 9.97. The van der Waals surface area contributed by atoms with E-state index in [9.17, 15) is 0 Å². The predicted octanol–water partition coefficient (Wildman–Crippen LogP) is 4.12. The van der Waals surface area contributed by atoms with Crippen molar-refractivity contribution < 1.29 is 0 Å². The summed E-state index contributed by atoms with van der Waals surface area (Å²) in [5.74, 6) is 0.769. The van der Waals surface area contributed by atoms with Crippen molar-refractivity contribution in [2.75, 3.05) is 33.2 Å². The minimum absolute atomic E-state index is 0.769. The Bertz CT molecular complexity index is 629. The summed E-state index contributed by atoms with van der Waals surface area (Å²) in [5, 5.41) is 0.819. The zero-order chi connectivity index (χ0) is 17.5. The molecule has 0 saturated carbocycles. The van der Waals surface area contributed by atoms with Gasteiger partial charge in [0.2, 0.25) is 0 Å². The molecule has 2 aromatic rings. The van der Waals surface area contributed by atoms with Crippen LogP contribution in [0.4, 0.5) is 0 Å². The SMILES string of the molecule is CN(Cc1ccncc1)C[C@@H]1CCCN(CCc2ccc(Cl)cc2)C1. The Hall–Kier alpha value is -1.42. The van der Waals surface area contributed by atoms with Gasteiger partial charge in [0.15, 0.2) is 0 Å². The van der Waals surface area contributed by atoms with Crippen LogP contribution in [0.2, 0.25) is 5.02 Å². The van der Waals surface area contributed by atoms with Crippen LogP contribution in [-0.4, -0.2) is 48.0 Å². The van der Waals surface area contributed by atoms with Gasteiger partial charge in [-0.1, -0.05) is 23.7 Å². The van der Waals surface area contributed by atoms with Crippen molar-refractivity contribution in [3.63, 3.8) is 0 Å².